The molecule has 0 radical (unpaired) electrons. The number of aryl methyl sites for hydroxylation is 1. The quantitative estimate of drug-likeness (QED) is 0.835. The van der Waals surface area contributed by atoms with E-state index in [0.717, 1.165) is 24.2 Å². The predicted octanol–water partition coefficient (Wildman–Crippen LogP) is 4.59. The van der Waals surface area contributed by atoms with Crippen LogP contribution in [0.5, 0.6) is 0 Å². The molecule has 0 atom stereocenters. The molecular formula is C18H23FN2. The summed E-state index contributed by atoms with van der Waals surface area (Å²) >= 11 is 0. The lowest BCUT2D eigenvalue weighted by Gasteiger charge is -2.21. The maximum atomic E-state index is 13.7. The molecule has 1 N–H and O–H groups in total. The zero-order chi connectivity index (χ0) is 15.2. The molecule has 112 valence electrons. The molecule has 21 heavy (non-hydrogen) atoms. The van der Waals surface area contributed by atoms with Crippen molar-refractivity contribution in [3.63, 3.8) is 0 Å². The largest absolute Gasteiger partial charge is 0.379 e. The minimum Gasteiger partial charge on any atom is -0.379 e. The molecule has 0 aromatic heterocycles. The molecular weight excluding hydrogens is 263 g/mol. The Bertz CT molecular complexity index is 574. The second kappa shape index (κ2) is 7.11. The van der Waals surface area contributed by atoms with Crippen molar-refractivity contribution in [3.05, 3.63) is 59.4 Å². The summed E-state index contributed by atoms with van der Waals surface area (Å²) in [4.78, 5) is 2.30. The van der Waals surface area contributed by atoms with Crippen molar-refractivity contribution in [2.45, 2.75) is 27.3 Å². The topological polar surface area (TPSA) is 15.3 Å². The highest BCUT2D eigenvalue weighted by molar-refractivity contribution is 5.50. The Morgan fingerprint density at radius 2 is 1.67 bits per heavy atom. The van der Waals surface area contributed by atoms with Crippen molar-refractivity contribution in [1.29, 1.82) is 0 Å². The molecule has 0 saturated carbocycles. The number of nitrogens with zero attached hydrogens (tertiary/aromatic N) is 1. The van der Waals surface area contributed by atoms with Gasteiger partial charge in [-0.2, -0.15) is 0 Å². The average Bonchev–Trinajstić information content (AvgIpc) is 2.51. The van der Waals surface area contributed by atoms with Gasteiger partial charge in [0.1, 0.15) is 5.82 Å². The SMILES string of the molecule is CCN(CC)c1ccc(CNc2cc(C)ccc2F)cc1. The zero-order valence-corrected chi connectivity index (χ0v) is 13.0. The lowest BCUT2D eigenvalue weighted by atomic mass is 10.1. The van der Waals surface area contributed by atoms with Gasteiger partial charge in [0.05, 0.1) is 5.69 Å². The van der Waals surface area contributed by atoms with Crippen molar-refractivity contribution in [2.75, 3.05) is 23.3 Å². The van der Waals surface area contributed by atoms with Crippen LogP contribution in [0.3, 0.4) is 0 Å². The third kappa shape index (κ3) is 3.97. The number of benzene rings is 2. The van der Waals surface area contributed by atoms with Crippen molar-refractivity contribution in [2.24, 2.45) is 0 Å². The fourth-order valence-corrected chi connectivity index (χ4v) is 2.39. The van der Waals surface area contributed by atoms with Crippen LogP contribution in [0.1, 0.15) is 25.0 Å². The van der Waals surface area contributed by atoms with Crippen molar-refractivity contribution in [1.82, 2.24) is 0 Å². The van der Waals surface area contributed by atoms with Crippen LogP contribution in [-0.4, -0.2) is 13.1 Å². The van der Waals surface area contributed by atoms with Crippen LogP contribution < -0.4 is 10.2 Å². The van der Waals surface area contributed by atoms with Crippen molar-refractivity contribution < 1.29 is 4.39 Å². The van der Waals surface area contributed by atoms with E-state index in [1.165, 1.54) is 11.8 Å². The highest BCUT2D eigenvalue weighted by Crippen LogP contribution is 2.18. The Balaban J connectivity index is 2.02. The van der Waals surface area contributed by atoms with Crippen LogP contribution in [0.15, 0.2) is 42.5 Å². The Hall–Kier alpha value is -2.03. The normalized spacial score (nSPS) is 10.5. The number of hydrogen-bond donors (Lipinski definition) is 1. The fourth-order valence-electron chi connectivity index (χ4n) is 2.39. The molecule has 0 spiro atoms. The molecule has 0 unspecified atom stereocenters. The number of rotatable bonds is 6. The van der Waals surface area contributed by atoms with Crippen molar-refractivity contribution in [3.8, 4) is 0 Å². The number of hydrogen-bond acceptors (Lipinski definition) is 2. The molecule has 0 heterocycles. The first-order valence-corrected chi connectivity index (χ1v) is 7.48. The Morgan fingerprint density at radius 1 is 1.00 bits per heavy atom. The van der Waals surface area contributed by atoms with Gasteiger partial charge in [0, 0.05) is 25.3 Å². The third-order valence-corrected chi connectivity index (χ3v) is 3.67. The van der Waals surface area contributed by atoms with E-state index in [2.05, 4.69) is 48.3 Å². The average molecular weight is 286 g/mol. The second-order valence-electron chi connectivity index (χ2n) is 5.18. The summed E-state index contributed by atoms with van der Waals surface area (Å²) in [7, 11) is 0. The molecule has 0 aliphatic carbocycles. The molecule has 2 rings (SSSR count). The molecule has 2 nitrogen and oxygen atoms in total. The highest BCUT2D eigenvalue weighted by Gasteiger charge is 2.03. The minimum absolute atomic E-state index is 0.208. The van der Waals surface area contributed by atoms with E-state index in [1.807, 2.05) is 13.0 Å². The van der Waals surface area contributed by atoms with Crippen LogP contribution in [-0.2, 0) is 6.54 Å². The Labute approximate surface area is 126 Å². The van der Waals surface area contributed by atoms with Gasteiger partial charge in [-0.3, -0.25) is 0 Å². The lowest BCUT2D eigenvalue weighted by Crippen LogP contribution is -2.21. The molecule has 0 amide bonds. The summed E-state index contributed by atoms with van der Waals surface area (Å²) < 4.78 is 13.7. The van der Waals surface area contributed by atoms with Gasteiger partial charge in [-0.05, 0) is 56.2 Å². The van der Waals surface area contributed by atoms with Gasteiger partial charge in [-0.1, -0.05) is 18.2 Å². The molecule has 3 heteroatoms. The summed E-state index contributed by atoms with van der Waals surface area (Å²) in [5.74, 6) is -0.208. The first kappa shape index (κ1) is 15.4. The smallest absolute Gasteiger partial charge is 0.146 e. The van der Waals surface area contributed by atoms with Crippen LogP contribution in [0.4, 0.5) is 15.8 Å². The van der Waals surface area contributed by atoms with Gasteiger partial charge in [-0.25, -0.2) is 4.39 Å². The lowest BCUT2D eigenvalue weighted by molar-refractivity contribution is 0.629. The number of anilines is 2. The molecule has 2 aromatic rings. The minimum atomic E-state index is -0.208. The van der Waals surface area contributed by atoms with Gasteiger partial charge in [-0.15, -0.1) is 0 Å². The molecule has 0 fully saturated rings. The maximum Gasteiger partial charge on any atom is 0.146 e. The van der Waals surface area contributed by atoms with Crippen molar-refractivity contribution >= 4 is 11.4 Å². The summed E-state index contributed by atoms with van der Waals surface area (Å²) in [6.45, 7) is 8.90. The Morgan fingerprint density at radius 3 is 2.29 bits per heavy atom. The summed E-state index contributed by atoms with van der Waals surface area (Å²) in [5, 5.41) is 3.16. The second-order valence-corrected chi connectivity index (χ2v) is 5.18. The van der Waals surface area contributed by atoms with E-state index >= 15 is 0 Å². The van der Waals surface area contributed by atoms with Gasteiger partial charge in [0.15, 0.2) is 0 Å². The maximum absolute atomic E-state index is 13.7. The van der Waals surface area contributed by atoms with E-state index < -0.39 is 0 Å². The predicted molar refractivity (Wildman–Crippen MR) is 88.5 cm³/mol. The molecule has 0 aliphatic rings. The van der Waals surface area contributed by atoms with Gasteiger partial charge < -0.3 is 10.2 Å². The fraction of sp³-hybridized carbons (Fsp3) is 0.333. The summed E-state index contributed by atoms with van der Waals surface area (Å²) in [6, 6.07) is 13.5. The number of nitrogens with one attached hydrogen (secondary N) is 1. The molecule has 0 saturated heterocycles. The first-order valence-electron chi connectivity index (χ1n) is 7.48. The van der Waals surface area contributed by atoms with Crippen LogP contribution >= 0.6 is 0 Å². The zero-order valence-electron chi connectivity index (χ0n) is 13.0. The van der Waals surface area contributed by atoms with Gasteiger partial charge in [0.2, 0.25) is 0 Å². The monoisotopic (exact) mass is 286 g/mol. The van der Waals surface area contributed by atoms with Gasteiger partial charge >= 0.3 is 0 Å². The highest BCUT2D eigenvalue weighted by atomic mass is 19.1. The molecule has 2 aromatic carbocycles. The third-order valence-electron chi connectivity index (χ3n) is 3.67. The Kier molecular flexibility index (Phi) is 5.20. The van der Waals surface area contributed by atoms with E-state index in [1.54, 1.807) is 6.07 Å². The van der Waals surface area contributed by atoms with E-state index in [9.17, 15) is 4.39 Å². The van der Waals surface area contributed by atoms with Crippen LogP contribution in [0.2, 0.25) is 0 Å². The van der Waals surface area contributed by atoms with E-state index in [0.29, 0.717) is 12.2 Å². The van der Waals surface area contributed by atoms with Crippen LogP contribution in [0.25, 0.3) is 0 Å². The summed E-state index contributed by atoms with van der Waals surface area (Å²) in [6.07, 6.45) is 0. The van der Waals surface area contributed by atoms with E-state index in [-0.39, 0.29) is 5.82 Å². The standard InChI is InChI=1S/C18H23FN2/c1-4-21(5-2)16-9-7-15(8-10-16)13-20-18-12-14(3)6-11-17(18)19/h6-12,20H,4-5,13H2,1-3H3. The molecule has 0 aliphatic heterocycles. The first-order chi connectivity index (χ1) is 10.1. The van der Waals surface area contributed by atoms with E-state index in [4.69, 9.17) is 0 Å². The summed E-state index contributed by atoms with van der Waals surface area (Å²) in [5.41, 5.74) is 3.98. The molecule has 0 bridgehead atoms. The van der Waals surface area contributed by atoms with Crippen LogP contribution in [0, 0.1) is 12.7 Å². The number of halogens is 1. The van der Waals surface area contributed by atoms with Gasteiger partial charge in [0.25, 0.3) is 0 Å².